The lowest BCUT2D eigenvalue weighted by Crippen LogP contribution is -2.16. The van der Waals surface area contributed by atoms with E-state index in [-0.39, 0.29) is 29.1 Å². The number of carbonyl (C=O) groups is 1. The molecule has 0 unspecified atom stereocenters. The van der Waals surface area contributed by atoms with Crippen LogP contribution >= 0.6 is 22.9 Å². The summed E-state index contributed by atoms with van der Waals surface area (Å²) in [5.41, 5.74) is 2.50. The molecule has 1 aromatic carbocycles. The van der Waals surface area contributed by atoms with Gasteiger partial charge >= 0.3 is 0 Å². The number of carbonyl (C=O) groups excluding carboxylic acids is 1. The zero-order chi connectivity index (χ0) is 19.9. The molecule has 3 aromatic rings. The molecule has 2 aromatic heterocycles. The van der Waals surface area contributed by atoms with Gasteiger partial charge in [0.2, 0.25) is 0 Å². The molecule has 1 saturated heterocycles. The molecule has 1 aliphatic rings. The first-order valence-corrected chi connectivity index (χ1v) is 11.8. The Kier molecular flexibility index (Phi) is 5.03. The van der Waals surface area contributed by atoms with E-state index in [4.69, 9.17) is 11.6 Å². The normalized spacial score (nSPS) is 18.3. The topological polar surface area (TPSA) is 81.1 Å². The Morgan fingerprint density at radius 3 is 2.79 bits per heavy atom. The van der Waals surface area contributed by atoms with Crippen LogP contribution in [0.1, 0.15) is 28.5 Å². The number of halogens is 1. The van der Waals surface area contributed by atoms with Crippen molar-refractivity contribution in [3.8, 4) is 10.6 Å². The number of thiophene rings is 1. The predicted molar refractivity (Wildman–Crippen MR) is 112 cm³/mol. The molecule has 1 atom stereocenters. The molecule has 1 aliphatic heterocycles. The molecule has 28 heavy (non-hydrogen) atoms. The lowest BCUT2D eigenvalue weighted by atomic mass is 10.2. The van der Waals surface area contributed by atoms with Crippen molar-refractivity contribution in [2.45, 2.75) is 19.4 Å². The number of rotatable bonds is 4. The molecule has 1 N–H and O–H groups in total. The lowest BCUT2D eigenvalue weighted by Gasteiger charge is -2.12. The van der Waals surface area contributed by atoms with E-state index in [1.165, 1.54) is 11.3 Å². The minimum atomic E-state index is -3.07. The van der Waals surface area contributed by atoms with Crippen LogP contribution in [0.5, 0.6) is 0 Å². The minimum Gasteiger partial charge on any atom is -0.321 e. The maximum Gasteiger partial charge on any atom is 0.276 e. The number of sulfone groups is 1. The Balaban J connectivity index is 1.67. The van der Waals surface area contributed by atoms with Gasteiger partial charge in [-0.2, -0.15) is 5.10 Å². The summed E-state index contributed by atoms with van der Waals surface area (Å²) in [4.78, 5) is 13.7. The third-order valence-electron chi connectivity index (χ3n) is 4.73. The predicted octanol–water partition coefficient (Wildman–Crippen LogP) is 4.19. The van der Waals surface area contributed by atoms with Gasteiger partial charge in [-0.3, -0.25) is 9.48 Å². The van der Waals surface area contributed by atoms with Gasteiger partial charge in [-0.05, 0) is 48.6 Å². The second-order valence-corrected chi connectivity index (χ2v) is 10.4. The average molecular weight is 436 g/mol. The summed E-state index contributed by atoms with van der Waals surface area (Å²) in [5.74, 6) is -0.177. The van der Waals surface area contributed by atoms with Crippen LogP contribution in [0.25, 0.3) is 10.6 Å². The Hall–Kier alpha value is -2.16. The molecule has 0 spiro atoms. The summed E-state index contributed by atoms with van der Waals surface area (Å²) in [6.45, 7) is 1.89. The molecule has 3 heterocycles. The summed E-state index contributed by atoms with van der Waals surface area (Å²) < 4.78 is 25.5. The number of hydrogen-bond donors (Lipinski definition) is 1. The number of amides is 1. The lowest BCUT2D eigenvalue weighted by molar-refractivity contribution is 0.102. The van der Waals surface area contributed by atoms with Crippen molar-refractivity contribution >= 4 is 44.4 Å². The van der Waals surface area contributed by atoms with Crippen molar-refractivity contribution < 1.29 is 13.2 Å². The summed E-state index contributed by atoms with van der Waals surface area (Å²) in [6.07, 6.45) is 0.497. The van der Waals surface area contributed by atoms with Gasteiger partial charge < -0.3 is 5.32 Å². The molecule has 0 saturated carbocycles. The van der Waals surface area contributed by atoms with Crippen LogP contribution in [0, 0.1) is 6.92 Å². The quantitative estimate of drug-likeness (QED) is 0.666. The van der Waals surface area contributed by atoms with Crippen LogP contribution in [0.15, 0.2) is 41.8 Å². The second-order valence-electron chi connectivity index (χ2n) is 6.81. The highest BCUT2D eigenvalue weighted by atomic mass is 35.5. The number of anilines is 1. The number of aryl methyl sites for hydroxylation is 1. The van der Waals surface area contributed by atoms with Crippen molar-refractivity contribution in [2.75, 3.05) is 16.8 Å². The first-order valence-electron chi connectivity index (χ1n) is 8.74. The maximum atomic E-state index is 12.7. The number of nitrogens with zero attached hydrogens (tertiary/aromatic N) is 2. The van der Waals surface area contributed by atoms with Gasteiger partial charge in [0.1, 0.15) is 0 Å². The number of benzene rings is 1. The average Bonchev–Trinajstić information content (AvgIpc) is 3.36. The third kappa shape index (κ3) is 3.85. The van der Waals surface area contributed by atoms with Crippen LogP contribution in [0.4, 0.5) is 5.69 Å². The first-order chi connectivity index (χ1) is 13.3. The molecule has 1 amide bonds. The number of hydrogen-bond acceptors (Lipinski definition) is 5. The van der Waals surface area contributed by atoms with Crippen molar-refractivity contribution in [2.24, 2.45) is 0 Å². The van der Waals surface area contributed by atoms with E-state index in [9.17, 15) is 13.2 Å². The Morgan fingerprint density at radius 2 is 2.14 bits per heavy atom. The number of aromatic nitrogens is 2. The molecule has 0 aliphatic carbocycles. The van der Waals surface area contributed by atoms with Crippen LogP contribution in [0.3, 0.4) is 0 Å². The van der Waals surface area contributed by atoms with Crippen LogP contribution < -0.4 is 5.32 Å². The minimum absolute atomic E-state index is 0.0433. The monoisotopic (exact) mass is 435 g/mol. The van der Waals surface area contributed by atoms with Gasteiger partial charge in [0.15, 0.2) is 15.5 Å². The highest BCUT2D eigenvalue weighted by Crippen LogP contribution is 2.32. The van der Waals surface area contributed by atoms with E-state index in [1.807, 2.05) is 30.5 Å². The van der Waals surface area contributed by atoms with Gasteiger partial charge in [0, 0.05) is 10.7 Å². The second kappa shape index (κ2) is 7.35. The molecule has 146 valence electrons. The van der Waals surface area contributed by atoms with Crippen LogP contribution in [-0.2, 0) is 9.84 Å². The summed E-state index contributed by atoms with van der Waals surface area (Å²) >= 11 is 7.65. The van der Waals surface area contributed by atoms with E-state index < -0.39 is 9.84 Å². The molecule has 0 radical (unpaired) electrons. The molecule has 9 heteroatoms. The van der Waals surface area contributed by atoms with Gasteiger partial charge in [-0.15, -0.1) is 11.3 Å². The van der Waals surface area contributed by atoms with E-state index in [1.54, 1.807) is 22.9 Å². The van der Waals surface area contributed by atoms with Crippen molar-refractivity contribution in [3.63, 3.8) is 0 Å². The Labute approximate surface area is 172 Å². The van der Waals surface area contributed by atoms with E-state index >= 15 is 0 Å². The highest BCUT2D eigenvalue weighted by Gasteiger charge is 2.32. The van der Waals surface area contributed by atoms with Gasteiger partial charge in [0.05, 0.1) is 28.1 Å². The van der Waals surface area contributed by atoms with Gasteiger partial charge in [-0.25, -0.2) is 8.42 Å². The fraction of sp³-hybridized carbons (Fsp3) is 0.263. The summed E-state index contributed by atoms with van der Waals surface area (Å²) in [5, 5.41) is 9.77. The fourth-order valence-electron chi connectivity index (χ4n) is 3.23. The zero-order valence-electron chi connectivity index (χ0n) is 15.1. The number of nitrogens with one attached hydrogen (secondary N) is 1. The fourth-order valence-corrected chi connectivity index (χ4v) is 5.83. The third-order valence-corrected chi connectivity index (χ3v) is 7.78. The molecular formula is C19H18ClN3O3S2. The largest absolute Gasteiger partial charge is 0.321 e. The van der Waals surface area contributed by atoms with Crippen molar-refractivity contribution in [1.29, 1.82) is 0 Å². The van der Waals surface area contributed by atoms with E-state index in [0.717, 1.165) is 16.1 Å². The molecular weight excluding hydrogens is 418 g/mol. The Morgan fingerprint density at radius 1 is 1.32 bits per heavy atom. The van der Waals surface area contributed by atoms with Crippen molar-refractivity contribution in [1.82, 2.24) is 9.78 Å². The molecule has 0 bridgehead atoms. The van der Waals surface area contributed by atoms with E-state index in [2.05, 4.69) is 10.4 Å². The van der Waals surface area contributed by atoms with Crippen LogP contribution in [0.2, 0.25) is 5.02 Å². The van der Waals surface area contributed by atoms with Crippen LogP contribution in [-0.4, -0.2) is 35.6 Å². The standard InChI is InChI=1S/C19H18ClN3O3S2/c1-12-4-5-13(9-15(12)20)21-19(24)16-10-17(18-3-2-7-27-18)23(22-16)14-6-8-28(25,26)11-14/h2-5,7,9-10,14H,6,8,11H2,1H3,(H,21,24)/t14-/m1/s1. The van der Waals surface area contributed by atoms with Crippen molar-refractivity contribution in [3.05, 3.63) is 58.1 Å². The smallest absolute Gasteiger partial charge is 0.276 e. The summed E-state index contributed by atoms with van der Waals surface area (Å²) in [7, 11) is -3.07. The van der Waals surface area contributed by atoms with Gasteiger partial charge in [0.25, 0.3) is 5.91 Å². The first kappa shape index (κ1) is 19.2. The molecule has 1 fully saturated rings. The summed E-state index contributed by atoms with van der Waals surface area (Å²) in [6, 6.07) is 10.6. The maximum absolute atomic E-state index is 12.7. The van der Waals surface area contributed by atoms with E-state index in [0.29, 0.717) is 17.1 Å². The highest BCUT2D eigenvalue weighted by molar-refractivity contribution is 7.91. The van der Waals surface area contributed by atoms with Gasteiger partial charge in [-0.1, -0.05) is 23.7 Å². The molecule has 4 rings (SSSR count). The molecule has 6 nitrogen and oxygen atoms in total. The zero-order valence-corrected chi connectivity index (χ0v) is 17.4. The Bertz CT molecular complexity index is 1140. The SMILES string of the molecule is Cc1ccc(NC(=O)c2cc(-c3cccs3)n([C@@H]3CCS(=O)(=O)C3)n2)cc1Cl.